The van der Waals surface area contributed by atoms with E-state index in [1.54, 1.807) is 0 Å². The van der Waals surface area contributed by atoms with E-state index in [1.165, 1.54) is 5.56 Å². The summed E-state index contributed by atoms with van der Waals surface area (Å²) in [6, 6.07) is 8.89. The molecule has 16 heavy (non-hydrogen) atoms. The van der Waals surface area contributed by atoms with Crippen LogP contribution in [0.1, 0.15) is 13.8 Å². The summed E-state index contributed by atoms with van der Waals surface area (Å²) < 4.78 is 2.02. The molecule has 0 fully saturated rings. The van der Waals surface area contributed by atoms with Gasteiger partial charge in [-0.1, -0.05) is 12.1 Å². The fraction of sp³-hybridized carbons (Fsp3) is 0.308. The minimum Gasteiger partial charge on any atom is -0.383 e. The highest BCUT2D eigenvalue weighted by Gasteiger charge is 2.02. The third kappa shape index (κ3) is 2.24. The number of aromatic nitrogens is 2. The summed E-state index contributed by atoms with van der Waals surface area (Å²) in [7, 11) is 2.00. The molecule has 2 aromatic rings. The monoisotopic (exact) mass is 215 g/mol. The van der Waals surface area contributed by atoms with Gasteiger partial charge in [0.25, 0.3) is 0 Å². The van der Waals surface area contributed by atoms with Crippen molar-refractivity contribution in [1.29, 1.82) is 0 Å². The highest BCUT2D eigenvalue weighted by atomic mass is 15.0. The summed E-state index contributed by atoms with van der Waals surface area (Å²) in [5.74, 6) is 0. The first-order chi connectivity index (χ1) is 7.66. The lowest BCUT2D eigenvalue weighted by atomic mass is 10.1. The first-order valence-electron chi connectivity index (χ1n) is 5.50. The second-order valence-corrected chi connectivity index (χ2v) is 4.27. The fourth-order valence-corrected chi connectivity index (χ4v) is 1.71. The third-order valence-corrected chi connectivity index (χ3v) is 2.45. The van der Waals surface area contributed by atoms with Gasteiger partial charge < -0.3 is 9.88 Å². The number of hydrogen-bond acceptors (Lipinski definition) is 2. The van der Waals surface area contributed by atoms with E-state index < -0.39 is 0 Å². The van der Waals surface area contributed by atoms with Crippen molar-refractivity contribution < 1.29 is 0 Å². The van der Waals surface area contributed by atoms with Crippen LogP contribution in [0.5, 0.6) is 0 Å². The van der Waals surface area contributed by atoms with Crippen molar-refractivity contribution in [2.24, 2.45) is 7.05 Å². The van der Waals surface area contributed by atoms with Gasteiger partial charge in [-0.25, -0.2) is 4.98 Å². The Labute approximate surface area is 96.1 Å². The Morgan fingerprint density at radius 2 is 1.88 bits per heavy atom. The lowest BCUT2D eigenvalue weighted by Crippen LogP contribution is -2.09. The van der Waals surface area contributed by atoms with Crippen molar-refractivity contribution in [3.63, 3.8) is 0 Å². The zero-order valence-corrected chi connectivity index (χ0v) is 9.94. The van der Waals surface area contributed by atoms with Crippen molar-refractivity contribution >= 4 is 5.69 Å². The standard InChI is InChI=1S/C13H17N3/c1-10(2)15-12-6-4-11(5-7-12)13-8-14-9-16(13)3/h4-10,15H,1-3H3. The minimum atomic E-state index is 0.461. The predicted molar refractivity (Wildman–Crippen MR) is 67.4 cm³/mol. The van der Waals surface area contributed by atoms with E-state index in [0.717, 1.165) is 11.4 Å². The minimum absolute atomic E-state index is 0.461. The zero-order valence-electron chi connectivity index (χ0n) is 9.94. The van der Waals surface area contributed by atoms with Gasteiger partial charge in [-0.05, 0) is 31.5 Å². The van der Waals surface area contributed by atoms with Crippen LogP contribution in [0.25, 0.3) is 11.3 Å². The quantitative estimate of drug-likeness (QED) is 0.853. The van der Waals surface area contributed by atoms with Crippen molar-refractivity contribution in [2.45, 2.75) is 19.9 Å². The average molecular weight is 215 g/mol. The molecule has 2 rings (SSSR count). The molecule has 3 nitrogen and oxygen atoms in total. The molecule has 0 saturated heterocycles. The molecule has 0 unspecified atom stereocenters. The maximum atomic E-state index is 4.12. The van der Waals surface area contributed by atoms with Crippen molar-refractivity contribution in [1.82, 2.24) is 9.55 Å². The molecule has 0 spiro atoms. The summed E-state index contributed by atoms with van der Waals surface area (Å²) in [6.07, 6.45) is 3.69. The van der Waals surface area contributed by atoms with E-state index >= 15 is 0 Å². The smallest absolute Gasteiger partial charge is 0.0948 e. The second kappa shape index (κ2) is 4.39. The second-order valence-electron chi connectivity index (χ2n) is 4.27. The Morgan fingerprint density at radius 1 is 1.19 bits per heavy atom. The number of aryl methyl sites for hydroxylation is 1. The maximum Gasteiger partial charge on any atom is 0.0948 e. The van der Waals surface area contributed by atoms with Gasteiger partial charge in [-0.2, -0.15) is 0 Å². The SMILES string of the molecule is CC(C)Nc1ccc(-c2cncn2C)cc1. The molecule has 1 heterocycles. The topological polar surface area (TPSA) is 29.9 Å². The largest absolute Gasteiger partial charge is 0.383 e. The van der Waals surface area contributed by atoms with Gasteiger partial charge in [0, 0.05) is 18.8 Å². The lowest BCUT2D eigenvalue weighted by molar-refractivity contribution is 0.899. The maximum absolute atomic E-state index is 4.12. The number of rotatable bonds is 3. The van der Waals surface area contributed by atoms with Gasteiger partial charge in [0.05, 0.1) is 18.2 Å². The molecule has 0 atom stereocenters. The van der Waals surface area contributed by atoms with Crippen LogP contribution in [0, 0.1) is 0 Å². The number of benzene rings is 1. The zero-order chi connectivity index (χ0) is 11.5. The van der Waals surface area contributed by atoms with Gasteiger partial charge in [0.2, 0.25) is 0 Å². The molecule has 3 heteroatoms. The average Bonchev–Trinajstić information content (AvgIpc) is 2.65. The van der Waals surface area contributed by atoms with Crippen LogP contribution in [-0.4, -0.2) is 15.6 Å². The summed E-state index contributed by atoms with van der Waals surface area (Å²) in [5.41, 5.74) is 3.48. The van der Waals surface area contributed by atoms with Gasteiger partial charge in [-0.3, -0.25) is 0 Å². The Morgan fingerprint density at radius 3 is 2.38 bits per heavy atom. The molecule has 0 aliphatic rings. The Kier molecular flexibility index (Phi) is 2.95. The summed E-state index contributed by atoms with van der Waals surface area (Å²) in [5, 5.41) is 3.37. The van der Waals surface area contributed by atoms with E-state index in [2.05, 4.69) is 48.4 Å². The van der Waals surface area contributed by atoms with Crippen LogP contribution in [0.4, 0.5) is 5.69 Å². The predicted octanol–water partition coefficient (Wildman–Crippen LogP) is 2.91. The Hall–Kier alpha value is -1.77. The van der Waals surface area contributed by atoms with Gasteiger partial charge >= 0.3 is 0 Å². The number of hydrogen-bond donors (Lipinski definition) is 1. The van der Waals surface area contributed by atoms with Gasteiger partial charge in [0.1, 0.15) is 0 Å². The molecule has 1 aromatic heterocycles. The van der Waals surface area contributed by atoms with E-state index in [4.69, 9.17) is 0 Å². The van der Waals surface area contributed by atoms with Crippen LogP contribution in [-0.2, 0) is 7.05 Å². The van der Waals surface area contributed by atoms with Crippen molar-refractivity contribution in [3.8, 4) is 11.3 Å². The van der Waals surface area contributed by atoms with Gasteiger partial charge in [-0.15, -0.1) is 0 Å². The highest BCUT2D eigenvalue weighted by Crippen LogP contribution is 2.20. The summed E-state index contributed by atoms with van der Waals surface area (Å²) >= 11 is 0. The normalized spacial score (nSPS) is 10.8. The van der Waals surface area contributed by atoms with Gasteiger partial charge in [0.15, 0.2) is 0 Å². The number of nitrogens with one attached hydrogen (secondary N) is 1. The highest BCUT2D eigenvalue weighted by molar-refractivity contribution is 5.62. The van der Waals surface area contributed by atoms with E-state index in [1.807, 2.05) is 24.1 Å². The lowest BCUT2D eigenvalue weighted by Gasteiger charge is -2.10. The van der Waals surface area contributed by atoms with Crippen molar-refractivity contribution in [3.05, 3.63) is 36.8 Å². The van der Waals surface area contributed by atoms with Crippen LogP contribution in [0.2, 0.25) is 0 Å². The summed E-state index contributed by atoms with van der Waals surface area (Å²) in [4.78, 5) is 4.12. The molecule has 84 valence electrons. The van der Waals surface area contributed by atoms with Crippen molar-refractivity contribution in [2.75, 3.05) is 5.32 Å². The number of nitrogens with zero attached hydrogens (tertiary/aromatic N) is 2. The molecule has 0 bridgehead atoms. The Balaban J connectivity index is 2.23. The molecule has 1 aromatic carbocycles. The van der Waals surface area contributed by atoms with Crippen LogP contribution >= 0.6 is 0 Å². The van der Waals surface area contributed by atoms with E-state index in [9.17, 15) is 0 Å². The number of anilines is 1. The van der Waals surface area contributed by atoms with Crippen LogP contribution in [0.15, 0.2) is 36.8 Å². The summed E-state index contributed by atoms with van der Waals surface area (Å²) in [6.45, 7) is 4.27. The molecule has 1 N–H and O–H groups in total. The number of imidazole rings is 1. The molecule has 0 amide bonds. The first-order valence-corrected chi connectivity index (χ1v) is 5.50. The first kappa shape index (κ1) is 10.7. The molecule has 0 aliphatic heterocycles. The third-order valence-electron chi connectivity index (χ3n) is 2.45. The molecule has 0 radical (unpaired) electrons. The van der Waals surface area contributed by atoms with Crippen LogP contribution < -0.4 is 5.32 Å². The molecule has 0 saturated carbocycles. The molecule has 0 aliphatic carbocycles. The van der Waals surface area contributed by atoms with E-state index in [0.29, 0.717) is 6.04 Å². The van der Waals surface area contributed by atoms with Crippen LogP contribution in [0.3, 0.4) is 0 Å². The fourth-order valence-electron chi connectivity index (χ4n) is 1.71. The Bertz CT molecular complexity index is 454. The molecular formula is C13H17N3. The van der Waals surface area contributed by atoms with E-state index in [-0.39, 0.29) is 0 Å². The molecular weight excluding hydrogens is 198 g/mol.